The Labute approximate surface area is 108 Å². The lowest BCUT2D eigenvalue weighted by molar-refractivity contribution is 0.0858. The summed E-state index contributed by atoms with van der Waals surface area (Å²) in [5.41, 5.74) is 2.62. The van der Waals surface area contributed by atoms with Crippen molar-refractivity contribution in [3.05, 3.63) is 29.3 Å². The van der Waals surface area contributed by atoms with E-state index < -0.39 is 0 Å². The van der Waals surface area contributed by atoms with Crippen LogP contribution in [0.5, 0.6) is 0 Å². The summed E-state index contributed by atoms with van der Waals surface area (Å²) in [4.78, 5) is 12.1. The first-order valence-electron chi connectivity index (χ1n) is 6.39. The molecule has 2 N–H and O–H groups in total. The van der Waals surface area contributed by atoms with E-state index in [0.29, 0.717) is 12.1 Å². The van der Waals surface area contributed by atoms with Gasteiger partial charge in [0.25, 0.3) is 5.91 Å². The molecule has 0 bridgehead atoms. The first-order valence-corrected chi connectivity index (χ1v) is 6.39. The third-order valence-electron chi connectivity index (χ3n) is 3.20. The molecule has 4 heteroatoms. The molecular weight excluding hydrogens is 228 g/mol. The Morgan fingerprint density at radius 2 is 2.33 bits per heavy atom. The number of anilines is 1. The molecule has 1 aromatic rings. The molecule has 1 aromatic carbocycles. The highest BCUT2D eigenvalue weighted by atomic mass is 16.5. The van der Waals surface area contributed by atoms with Crippen LogP contribution in [-0.2, 0) is 4.74 Å². The summed E-state index contributed by atoms with van der Waals surface area (Å²) in [5.74, 6) is -0.0430. The largest absolute Gasteiger partial charge is 0.387 e. The Bertz CT molecular complexity index is 426. The molecule has 1 heterocycles. The number of hydrogen-bond donors (Lipinski definition) is 2. The van der Waals surface area contributed by atoms with Gasteiger partial charge in [0.1, 0.15) is 0 Å². The SMILES string of the molecule is CNc1ccc(C)cc1C(=O)NCC1CCCO1. The van der Waals surface area contributed by atoms with E-state index in [0.717, 1.165) is 30.7 Å². The molecule has 1 fully saturated rings. The number of carbonyl (C=O) groups is 1. The molecule has 1 unspecified atom stereocenters. The zero-order valence-corrected chi connectivity index (χ0v) is 11.0. The van der Waals surface area contributed by atoms with Crippen molar-refractivity contribution in [1.29, 1.82) is 0 Å². The zero-order valence-electron chi connectivity index (χ0n) is 11.0. The number of ether oxygens (including phenoxy) is 1. The molecule has 0 radical (unpaired) electrons. The average Bonchev–Trinajstić information content (AvgIpc) is 2.89. The van der Waals surface area contributed by atoms with Gasteiger partial charge in [-0.3, -0.25) is 4.79 Å². The Kier molecular flexibility index (Phi) is 4.20. The van der Waals surface area contributed by atoms with Gasteiger partial charge in [0.15, 0.2) is 0 Å². The summed E-state index contributed by atoms with van der Waals surface area (Å²) >= 11 is 0. The lowest BCUT2D eigenvalue weighted by Gasteiger charge is -2.13. The van der Waals surface area contributed by atoms with Crippen LogP contribution in [0.25, 0.3) is 0 Å². The number of nitrogens with one attached hydrogen (secondary N) is 2. The fourth-order valence-electron chi connectivity index (χ4n) is 2.17. The van der Waals surface area contributed by atoms with Crippen molar-refractivity contribution < 1.29 is 9.53 Å². The molecule has 0 aliphatic carbocycles. The van der Waals surface area contributed by atoms with Crippen molar-refractivity contribution in [2.75, 3.05) is 25.5 Å². The molecule has 1 amide bonds. The second-order valence-electron chi connectivity index (χ2n) is 4.64. The van der Waals surface area contributed by atoms with Gasteiger partial charge < -0.3 is 15.4 Å². The van der Waals surface area contributed by atoms with Crippen LogP contribution < -0.4 is 10.6 Å². The molecule has 1 aliphatic rings. The van der Waals surface area contributed by atoms with E-state index in [4.69, 9.17) is 4.74 Å². The van der Waals surface area contributed by atoms with Crippen LogP contribution in [0.4, 0.5) is 5.69 Å². The van der Waals surface area contributed by atoms with Crippen LogP contribution in [0.3, 0.4) is 0 Å². The van der Waals surface area contributed by atoms with Crippen molar-refractivity contribution in [1.82, 2.24) is 5.32 Å². The van der Waals surface area contributed by atoms with Crippen LogP contribution in [0.1, 0.15) is 28.8 Å². The van der Waals surface area contributed by atoms with Gasteiger partial charge in [-0.2, -0.15) is 0 Å². The Balaban J connectivity index is 2.00. The minimum atomic E-state index is -0.0430. The number of rotatable bonds is 4. The Morgan fingerprint density at radius 3 is 3.00 bits per heavy atom. The van der Waals surface area contributed by atoms with E-state index in [-0.39, 0.29) is 12.0 Å². The number of benzene rings is 1. The van der Waals surface area contributed by atoms with E-state index in [1.54, 1.807) is 0 Å². The maximum atomic E-state index is 12.1. The second-order valence-corrected chi connectivity index (χ2v) is 4.64. The van der Waals surface area contributed by atoms with Crippen LogP contribution in [0.15, 0.2) is 18.2 Å². The van der Waals surface area contributed by atoms with E-state index in [9.17, 15) is 4.79 Å². The summed E-state index contributed by atoms with van der Waals surface area (Å²) in [5, 5.41) is 5.98. The van der Waals surface area contributed by atoms with Crippen LogP contribution >= 0.6 is 0 Å². The predicted molar refractivity (Wildman–Crippen MR) is 72.0 cm³/mol. The van der Waals surface area contributed by atoms with Crippen molar-refractivity contribution in [2.24, 2.45) is 0 Å². The summed E-state index contributed by atoms with van der Waals surface area (Å²) in [6.07, 6.45) is 2.30. The van der Waals surface area contributed by atoms with E-state index in [1.807, 2.05) is 32.2 Å². The normalized spacial score (nSPS) is 18.7. The minimum Gasteiger partial charge on any atom is -0.387 e. The smallest absolute Gasteiger partial charge is 0.253 e. The quantitative estimate of drug-likeness (QED) is 0.856. The van der Waals surface area contributed by atoms with Gasteiger partial charge in [-0.15, -0.1) is 0 Å². The molecule has 18 heavy (non-hydrogen) atoms. The van der Waals surface area contributed by atoms with Crippen molar-refractivity contribution in [3.8, 4) is 0 Å². The lowest BCUT2D eigenvalue weighted by Crippen LogP contribution is -2.32. The molecule has 0 saturated carbocycles. The highest BCUT2D eigenvalue weighted by molar-refractivity contribution is 5.99. The second kappa shape index (κ2) is 5.87. The minimum absolute atomic E-state index is 0.0430. The van der Waals surface area contributed by atoms with E-state index >= 15 is 0 Å². The van der Waals surface area contributed by atoms with E-state index in [1.165, 1.54) is 0 Å². The third-order valence-corrected chi connectivity index (χ3v) is 3.20. The van der Waals surface area contributed by atoms with Crippen LogP contribution in [0, 0.1) is 6.92 Å². The number of amides is 1. The van der Waals surface area contributed by atoms with Gasteiger partial charge >= 0.3 is 0 Å². The Morgan fingerprint density at radius 1 is 1.50 bits per heavy atom. The third kappa shape index (κ3) is 3.01. The van der Waals surface area contributed by atoms with Crippen LogP contribution in [-0.4, -0.2) is 32.2 Å². The van der Waals surface area contributed by atoms with Crippen molar-refractivity contribution >= 4 is 11.6 Å². The highest BCUT2D eigenvalue weighted by Gasteiger charge is 2.17. The molecular formula is C14H20N2O2. The summed E-state index contributed by atoms with van der Waals surface area (Å²) < 4.78 is 5.49. The average molecular weight is 248 g/mol. The first-order chi connectivity index (χ1) is 8.70. The van der Waals surface area contributed by atoms with Gasteiger partial charge in [-0.1, -0.05) is 11.6 Å². The van der Waals surface area contributed by atoms with Gasteiger partial charge in [0.2, 0.25) is 0 Å². The maximum absolute atomic E-state index is 12.1. The van der Waals surface area contributed by atoms with E-state index in [2.05, 4.69) is 10.6 Å². The first kappa shape index (κ1) is 12.9. The fraction of sp³-hybridized carbons (Fsp3) is 0.500. The topological polar surface area (TPSA) is 50.4 Å². The monoisotopic (exact) mass is 248 g/mol. The molecule has 98 valence electrons. The van der Waals surface area contributed by atoms with Crippen molar-refractivity contribution in [2.45, 2.75) is 25.9 Å². The predicted octanol–water partition coefficient (Wildman–Crippen LogP) is 1.95. The molecule has 1 atom stereocenters. The molecule has 2 rings (SSSR count). The molecule has 1 aliphatic heterocycles. The zero-order chi connectivity index (χ0) is 13.0. The molecule has 1 saturated heterocycles. The number of aryl methyl sites for hydroxylation is 1. The fourth-order valence-corrected chi connectivity index (χ4v) is 2.17. The summed E-state index contributed by atoms with van der Waals surface area (Å²) in [7, 11) is 1.82. The maximum Gasteiger partial charge on any atom is 0.253 e. The summed E-state index contributed by atoms with van der Waals surface area (Å²) in [6, 6.07) is 5.82. The van der Waals surface area contributed by atoms with Crippen molar-refractivity contribution in [3.63, 3.8) is 0 Å². The number of carbonyl (C=O) groups excluding carboxylic acids is 1. The summed E-state index contributed by atoms with van der Waals surface area (Å²) in [6.45, 7) is 3.39. The molecule has 0 spiro atoms. The highest BCUT2D eigenvalue weighted by Crippen LogP contribution is 2.17. The van der Waals surface area contributed by atoms with Gasteiger partial charge in [-0.25, -0.2) is 0 Å². The van der Waals surface area contributed by atoms with Gasteiger partial charge in [0.05, 0.1) is 11.7 Å². The van der Waals surface area contributed by atoms with Gasteiger partial charge in [-0.05, 0) is 31.9 Å². The van der Waals surface area contributed by atoms with Gasteiger partial charge in [0, 0.05) is 25.9 Å². The molecule has 4 nitrogen and oxygen atoms in total. The van der Waals surface area contributed by atoms with Crippen LogP contribution in [0.2, 0.25) is 0 Å². The Hall–Kier alpha value is -1.55. The molecule has 0 aromatic heterocycles. The number of hydrogen-bond acceptors (Lipinski definition) is 3. The standard InChI is InChI=1S/C14H20N2O2/c1-10-5-6-13(15-2)12(8-10)14(17)16-9-11-4-3-7-18-11/h5-6,8,11,15H,3-4,7,9H2,1-2H3,(H,16,17). The lowest BCUT2D eigenvalue weighted by atomic mass is 10.1.